The second kappa shape index (κ2) is 8.18. The van der Waals surface area contributed by atoms with Gasteiger partial charge in [-0.25, -0.2) is 0 Å². The van der Waals surface area contributed by atoms with Crippen molar-refractivity contribution < 1.29 is 9.59 Å². The third-order valence-electron chi connectivity index (χ3n) is 4.05. The summed E-state index contributed by atoms with van der Waals surface area (Å²) >= 11 is 6.06. The molecule has 1 aliphatic carbocycles. The lowest BCUT2D eigenvalue weighted by Gasteiger charge is -2.17. The zero-order valence-electron chi connectivity index (χ0n) is 12.9. The molecule has 22 heavy (non-hydrogen) atoms. The third-order valence-corrected chi connectivity index (χ3v) is 4.42. The first-order valence-electron chi connectivity index (χ1n) is 7.89. The predicted octanol–water partition coefficient (Wildman–Crippen LogP) is 2.84. The van der Waals surface area contributed by atoms with Crippen molar-refractivity contribution in [1.82, 2.24) is 10.6 Å². The molecule has 2 amide bonds. The zero-order valence-corrected chi connectivity index (χ0v) is 13.7. The molecule has 2 rings (SSSR count). The topological polar surface area (TPSA) is 58.2 Å². The Morgan fingerprint density at radius 1 is 1.27 bits per heavy atom. The van der Waals surface area contributed by atoms with Crippen molar-refractivity contribution in [1.29, 1.82) is 0 Å². The second-order valence-electron chi connectivity index (χ2n) is 5.87. The third kappa shape index (κ3) is 5.02. The van der Waals surface area contributed by atoms with Crippen molar-refractivity contribution in [2.75, 3.05) is 0 Å². The highest BCUT2D eigenvalue weighted by Gasteiger charge is 2.21. The minimum Gasteiger partial charge on any atom is -0.352 e. The molecule has 5 heteroatoms. The summed E-state index contributed by atoms with van der Waals surface area (Å²) < 4.78 is 0. The number of benzene rings is 1. The van der Waals surface area contributed by atoms with Crippen molar-refractivity contribution in [3.8, 4) is 0 Å². The number of hydrogen-bond acceptors (Lipinski definition) is 2. The molecule has 4 nitrogen and oxygen atoms in total. The van der Waals surface area contributed by atoms with E-state index in [0.29, 0.717) is 17.9 Å². The van der Waals surface area contributed by atoms with Crippen LogP contribution in [0.1, 0.15) is 44.6 Å². The lowest BCUT2D eigenvalue weighted by atomic mass is 10.1. The molecule has 0 saturated heterocycles. The highest BCUT2D eigenvalue weighted by molar-refractivity contribution is 6.31. The Labute approximate surface area is 136 Å². The van der Waals surface area contributed by atoms with Crippen molar-refractivity contribution in [3.05, 3.63) is 34.9 Å². The van der Waals surface area contributed by atoms with Crippen LogP contribution < -0.4 is 10.6 Å². The smallest absolute Gasteiger partial charge is 0.242 e. The highest BCUT2D eigenvalue weighted by atomic mass is 35.5. The van der Waals surface area contributed by atoms with Crippen molar-refractivity contribution in [2.45, 2.75) is 57.5 Å². The molecular weight excluding hydrogens is 300 g/mol. The fourth-order valence-corrected chi connectivity index (χ4v) is 2.96. The minimum atomic E-state index is -0.501. The lowest BCUT2D eigenvalue weighted by Crippen LogP contribution is -2.47. The van der Waals surface area contributed by atoms with Gasteiger partial charge in [-0.05, 0) is 37.8 Å². The first kappa shape index (κ1) is 16.8. The van der Waals surface area contributed by atoms with E-state index in [-0.39, 0.29) is 17.9 Å². The Hall–Kier alpha value is -1.55. The Kier molecular flexibility index (Phi) is 6.25. The van der Waals surface area contributed by atoms with E-state index in [1.807, 2.05) is 24.3 Å². The standard InChI is InChI=1S/C17H23ClN2O2/c1-12(17(22)20-14-7-3-4-8-14)19-16(21)11-10-13-6-2-5-9-15(13)18/h2,5-6,9,12,14H,3-4,7-8,10-11H2,1H3,(H,19,21)(H,20,22)/t12-/m0/s1. The molecule has 2 N–H and O–H groups in total. The summed E-state index contributed by atoms with van der Waals surface area (Å²) in [5, 5.41) is 6.41. The van der Waals surface area contributed by atoms with E-state index in [1.54, 1.807) is 6.92 Å². The molecule has 0 radical (unpaired) electrons. The summed E-state index contributed by atoms with van der Waals surface area (Å²) in [4.78, 5) is 24.0. The van der Waals surface area contributed by atoms with E-state index in [2.05, 4.69) is 10.6 Å². The van der Waals surface area contributed by atoms with Crippen molar-refractivity contribution >= 4 is 23.4 Å². The fourth-order valence-electron chi connectivity index (χ4n) is 2.72. The van der Waals surface area contributed by atoms with Crippen LogP contribution in [0.3, 0.4) is 0 Å². The Balaban J connectivity index is 1.73. The van der Waals surface area contributed by atoms with Gasteiger partial charge >= 0.3 is 0 Å². The molecule has 1 aliphatic rings. The van der Waals surface area contributed by atoms with Gasteiger partial charge in [0.1, 0.15) is 6.04 Å². The normalized spacial score (nSPS) is 16.3. The summed E-state index contributed by atoms with van der Waals surface area (Å²) in [6, 6.07) is 7.26. The zero-order chi connectivity index (χ0) is 15.9. The van der Waals surface area contributed by atoms with Gasteiger partial charge in [-0.15, -0.1) is 0 Å². The van der Waals surface area contributed by atoms with Crippen LogP contribution in [0.5, 0.6) is 0 Å². The Morgan fingerprint density at radius 2 is 1.95 bits per heavy atom. The second-order valence-corrected chi connectivity index (χ2v) is 6.28. The maximum absolute atomic E-state index is 12.0. The molecule has 1 aromatic carbocycles. The summed E-state index contributed by atoms with van der Waals surface area (Å²) in [6.07, 6.45) is 5.32. The van der Waals surface area contributed by atoms with Gasteiger partial charge in [0.05, 0.1) is 0 Å². The molecule has 0 unspecified atom stereocenters. The quantitative estimate of drug-likeness (QED) is 0.846. The number of carbonyl (C=O) groups is 2. The van der Waals surface area contributed by atoms with Crippen LogP contribution in [-0.2, 0) is 16.0 Å². The predicted molar refractivity (Wildman–Crippen MR) is 87.8 cm³/mol. The first-order valence-corrected chi connectivity index (χ1v) is 8.27. The molecule has 0 spiro atoms. The number of amides is 2. The summed E-state index contributed by atoms with van der Waals surface area (Å²) in [7, 11) is 0. The van der Waals surface area contributed by atoms with E-state index < -0.39 is 6.04 Å². The molecule has 1 atom stereocenters. The summed E-state index contributed by atoms with van der Waals surface area (Å²) in [6.45, 7) is 1.72. The Bertz CT molecular complexity index is 527. The van der Waals surface area contributed by atoms with Crippen LogP contribution in [0.25, 0.3) is 0 Å². The van der Waals surface area contributed by atoms with Crippen molar-refractivity contribution in [2.24, 2.45) is 0 Å². The molecular formula is C17H23ClN2O2. The average molecular weight is 323 g/mol. The maximum atomic E-state index is 12.0. The van der Waals surface area contributed by atoms with Crippen LogP contribution in [-0.4, -0.2) is 23.9 Å². The number of halogens is 1. The van der Waals surface area contributed by atoms with E-state index in [0.717, 1.165) is 18.4 Å². The number of carbonyl (C=O) groups excluding carboxylic acids is 2. The van der Waals surface area contributed by atoms with Gasteiger partial charge in [0.15, 0.2) is 0 Å². The Morgan fingerprint density at radius 3 is 2.64 bits per heavy atom. The fraction of sp³-hybridized carbons (Fsp3) is 0.529. The maximum Gasteiger partial charge on any atom is 0.242 e. The lowest BCUT2D eigenvalue weighted by molar-refractivity contribution is -0.129. The molecule has 1 aromatic rings. The van der Waals surface area contributed by atoms with Gasteiger partial charge in [-0.1, -0.05) is 42.6 Å². The molecule has 0 heterocycles. The van der Waals surface area contributed by atoms with E-state index in [9.17, 15) is 9.59 Å². The molecule has 1 saturated carbocycles. The number of rotatable bonds is 6. The first-order chi connectivity index (χ1) is 10.6. The number of aryl methyl sites for hydroxylation is 1. The molecule has 120 valence electrons. The molecule has 0 aromatic heterocycles. The van der Waals surface area contributed by atoms with E-state index in [1.165, 1.54) is 12.8 Å². The summed E-state index contributed by atoms with van der Waals surface area (Å²) in [5.74, 6) is -0.230. The van der Waals surface area contributed by atoms with Gasteiger partial charge < -0.3 is 10.6 Å². The molecule has 0 bridgehead atoms. The van der Waals surface area contributed by atoms with Gasteiger partial charge in [0.2, 0.25) is 11.8 Å². The van der Waals surface area contributed by atoms with Crippen LogP contribution in [0.2, 0.25) is 5.02 Å². The number of hydrogen-bond donors (Lipinski definition) is 2. The average Bonchev–Trinajstić information content (AvgIpc) is 2.99. The van der Waals surface area contributed by atoms with Gasteiger partial charge in [0.25, 0.3) is 0 Å². The van der Waals surface area contributed by atoms with E-state index in [4.69, 9.17) is 11.6 Å². The number of nitrogens with one attached hydrogen (secondary N) is 2. The minimum absolute atomic E-state index is 0.0991. The molecule has 0 aliphatic heterocycles. The van der Waals surface area contributed by atoms with Crippen LogP contribution in [0, 0.1) is 0 Å². The van der Waals surface area contributed by atoms with Crippen LogP contribution >= 0.6 is 11.6 Å². The SMILES string of the molecule is C[C@H](NC(=O)CCc1ccccc1Cl)C(=O)NC1CCCC1. The largest absolute Gasteiger partial charge is 0.352 e. The highest BCUT2D eigenvalue weighted by Crippen LogP contribution is 2.18. The van der Waals surface area contributed by atoms with Gasteiger partial charge in [-0.2, -0.15) is 0 Å². The van der Waals surface area contributed by atoms with Gasteiger partial charge in [0, 0.05) is 17.5 Å². The van der Waals surface area contributed by atoms with Gasteiger partial charge in [-0.3, -0.25) is 9.59 Å². The van der Waals surface area contributed by atoms with E-state index >= 15 is 0 Å². The van der Waals surface area contributed by atoms with Crippen LogP contribution in [0.4, 0.5) is 0 Å². The van der Waals surface area contributed by atoms with Crippen molar-refractivity contribution in [3.63, 3.8) is 0 Å². The molecule has 1 fully saturated rings. The monoisotopic (exact) mass is 322 g/mol. The van der Waals surface area contributed by atoms with Crippen LogP contribution in [0.15, 0.2) is 24.3 Å². The summed E-state index contributed by atoms with van der Waals surface area (Å²) in [5.41, 5.74) is 0.947.